The molecule has 0 aliphatic carbocycles. The van der Waals surface area contributed by atoms with Gasteiger partial charge in [-0.2, -0.15) is 13.2 Å². The third-order valence-corrected chi connectivity index (χ3v) is 4.07. The molecule has 1 aliphatic heterocycles. The van der Waals surface area contributed by atoms with Crippen molar-refractivity contribution in [1.29, 1.82) is 0 Å². The van der Waals surface area contributed by atoms with Crippen LogP contribution >= 0.6 is 0 Å². The van der Waals surface area contributed by atoms with Gasteiger partial charge in [0.05, 0.1) is 18.2 Å². The summed E-state index contributed by atoms with van der Waals surface area (Å²) in [6, 6.07) is 7.46. The van der Waals surface area contributed by atoms with Crippen molar-refractivity contribution in [3.8, 4) is 0 Å². The second kappa shape index (κ2) is 6.14. The Kier molecular flexibility index (Phi) is 4.17. The summed E-state index contributed by atoms with van der Waals surface area (Å²) in [5, 5.41) is 0. The number of aromatic nitrogens is 1. The average Bonchev–Trinajstić information content (AvgIpc) is 2.59. The number of methoxy groups -OCH3 is 1. The van der Waals surface area contributed by atoms with E-state index in [2.05, 4.69) is 9.72 Å². The fourth-order valence-electron chi connectivity index (χ4n) is 2.85. The Hall–Kier alpha value is -2.57. The SMILES string of the molecule is COC(=O)c1ccc(N2CCc3cccc(C(F)(F)F)c3C2)nc1. The Morgan fingerprint density at radius 2 is 2.04 bits per heavy atom. The van der Waals surface area contributed by atoms with Crippen LogP contribution in [0.25, 0.3) is 0 Å². The maximum absolute atomic E-state index is 13.2. The van der Waals surface area contributed by atoms with Crippen LogP contribution in [-0.2, 0) is 23.9 Å². The van der Waals surface area contributed by atoms with Crippen molar-refractivity contribution in [2.75, 3.05) is 18.6 Å². The molecule has 1 aliphatic rings. The molecule has 2 heterocycles. The summed E-state index contributed by atoms with van der Waals surface area (Å²) in [4.78, 5) is 17.4. The Bertz CT molecular complexity index is 757. The van der Waals surface area contributed by atoms with Gasteiger partial charge in [0.15, 0.2) is 0 Å². The summed E-state index contributed by atoms with van der Waals surface area (Å²) >= 11 is 0. The molecule has 0 atom stereocenters. The van der Waals surface area contributed by atoms with E-state index >= 15 is 0 Å². The van der Waals surface area contributed by atoms with E-state index in [1.54, 1.807) is 23.1 Å². The first-order valence-electron chi connectivity index (χ1n) is 7.37. The van der Waals surface area contributed by atoms with Crippen LogP contribution in [0.4, 0.5) is 19.0 Å². The van der Waals surface area contributed by atoms with Crippen molar-refractivity contribution in [3.63, 3.8) is 0 Å². The number of nitrogens with zero attached hydrogens (tertiary/aromatic N) is 2. The van der Waals surface area contributed by atoms with Gasteiger partial charge in [0.25, 0.3) is 0 Å². The number of halogens is 3. The van der Waals surface area contributed by atoms with E-state index in [0.29, 0.717) is 29.9 Å². The number of alkyl halides is 3. The van der Waals surface area contributed by atoms with Gasteiger partial charge < -0.3 is 9.64 Å². The molecule has 0 amide bonds. The molecule has 0 unspecified atom stereocenters. The highest BCUT2D eigenvalue weighted by Gasteiger charge is 2.35. The van der Waals surface area contributed by atoms with Crippen LogP contribution < -0.4 is 4.90 Å². The Morgan fingerprint density at radius 1 is 1.25 bits per heavy atom. The van der Waals surface area contributed by atoms with Crippen LogP contribution in [0.15, 0.2) is 36.5 Å². The minimum Gasteiger partial charge on any atom is -0.465 e. The monoisotopic (exact) mass is 336 g/mol. The number of rotatable bonds is 2. The van der Waals surface area contributed by atoms with Crippen LogP contribution in [0.3, 0.4) is 0 Å². The highest BCUT2D eigenvalue weighted by Crippen LogP contribution is 2.36. The van der Waals surface area contributed by atoms with Crippen molar-refractivity contribution >= 4 is 11.8 Å². The van der Waals surface area contributed by atoms with E-state index in [0.717, 1.165) is 6.07 Å². The molecule has 0 spiro atoms. The van der Waals surface area contributed by atoms with Crippen LogP contribution in [0.2, 0.25) is 0 Å². The second-order valence-electron chi connectivity index (χ2n) is 5.51. The predicted molar refractivity (Wildman–Crippen MR) is 81.8 cm³/mol. The van der Waals surface area contributed by atoms with Gasteiger partial charge in [-0.15, -0.1) is 0 Å². The third kappa shape index (κ3) is 3.06. The molecule has 0 fully saturated rings. The van der Waals surface area contributed by atoms with E-state index in [1.165, 1.54) is 19.4 Å². The zero-order valence-electron chi connectivity index (χ0n) is 12.9. The first-order valence-corrected chi connectivity index (χ1v) is 7.37. The smallest absolute Gasteiger partial charge is 0.416 e. The number of benzene rings is 1. The lowest BCUT2D eigenvalue weighted by molar-refractivity contribution is -0.138. The van der Waals surface area contributed by atoms with Crippen LogP contribution in [0.1, 0.15) is 27.0 Å². The summed E-state index contributed by atoms with van der Waals surface area (Å²) in [7, 11) is 1.27. The zero-order chi connectivity index (χ0) is 17.3. The number of hydrogen-bond acceptors (Lipinski definition) is 4. The molecule has 1 aromatic heterocycles. The molecule has 2 aromatic rings. The summed E-state index contributed by atoms with van der Waals surface area (Å²) in [6.07, 6.45) is -2.50. The van der Waals surface area contributed by atoms with E-state index in [1.807, 2.05) is 0 Å². The van der Waals surface area contributed by atoms with Gasteiger partial charge in [0.2, 0.25) is 0 Å². The number of carbonyl (C=O) groups excluding carboxylic acids is 1. The quantitative estimate of drug-likeness (QED) is 0.788. The summed E-state index contributed by atoms with van der Waals surface area (Å²) in [6.45, 7) is 0.703. The van der Waals surface area contributed by atoms with E-state index in [4.69, 9.17) is 0 Å². The standard InChI is InChI=1S/C17H15F3N2O2/c1-24-16(23)12-5-6-15(21-9-12)22-8-7-11-3-2-4-14(13(11)10-22)17(18,19)20/h2-6,9H,7-8,10H2,1H3. The van der Waals surface area contributed by atoms with E-state index in [-0.39, 0.29) is 12.1 Å². The largest absolute Gasteiger partial charge is 0.465 e. The van der Waals surface area contributed by atoms with Gasteiger partial charge in [0.1, 0.15) is 5.82 Å². The lowest BCUT2D eigenvalue weighted by atomic mass is 9.94. The van der Waals surface area contributed by atoms with Crippen LogP contribution in [0, 0.1) is 0 Å². The number of carbonyl (C=O) groups is 1. The van der Waals surface area contributed by atoms with E-state index in [9.17, 15) is 18.0 Å². The van der Waals surface area contributed by atoms with Crippen molar-refractivity contribution in [3.05, 3.63) is 58.8 Å². The minimum atomic E-state index is -4.38. The molecule has 7 heteroatoms. The van der Waals surface area contributed by atoms with Crippen LogP contribution in [0.5, 0.6) is 0 Å². The van der Waals surface area contributed by atoms with Gasteiger partial charge in [-0.1, -0.05) is 12.1 Å². The van der Waals surface area contributed by atoms with E-state index < -0.39 is 17.7 Å². The van der Waals surface area contributed by atoms with Crippen molar-refractivity contribution in [2.45, 2.75) is 19.1 Å². The number of ether oxygens (including phenoxy) is 1. The molecule has 0 bridgehead atoms. The second-order valence-corrected chi connectivity index (χ2v) is 5.51. The Balaban J connectivity index is 1.88. The highest BCUT2D eigenvalue weighted by molar-refractivity contribution is 5.89. The molecule has 0 radical (unpaired) electrons. The maximum atomic E-state index is 13.2. The molecule has 24 heavy (non-hydrogen) atoms. The molecule has 0 N–H and O–H groups in total. The Morgan fingerprint density at radius 3 is 2.67 bits per heavy atom. The number of anilines is 1. The molecule has 0 saturated heterocycles. The van der Waals surface area contributed by atoms with Gasteiger partial charge in [-0.3, -0.25) is 0 Å². The van der Waals surface area contributed by atoms with Gasteiger partial charge in [-0.25, -0.2) is 9.78 Å². The van der Waals surface area contributed by atoms with Crippen LogP contribution in [-0.4, -0.2) is 24.6 Å². The topological polar surface area (TPSA) is 42.4 Å². The summed E-state index contributed by atoms with van der Waals surface area (Å²) in [5.41, 5.74) is 0.702. The molecule has 4 nitrogen and oxygen atoms in total. The molecule has 0 saturated carbocycles. The average molecular weight is 336 g/mol. The van der Waals surface area contributed by atoms with Gasteiger partial charge in [0, 0.05) is 19.3 Å². The lowest BCUT2D eigenvalue weighted by Crippen LogP contribution is -2.32. The summed E-state index contributed by atoms with van der Waals surface area (Å²) < 4.78 is 44.2. The van der Waals surface area contributed by atoms with Crippen molar-refractivity contribution in [1.82, 2.24) is 4.98 Å². The minimum absolute atomic E-state index is 0.135. The lowest BCUT2D eigenvalue weighted by Gasteiger charge is -2.31. The number of esters is 1. The normalized spacial score (nSPS) is 14.2. The molecular formula is C17H15F3N2O2. The first-order chi connectivity index (χ1) is 11.4. The van der Waals surface area contributed by atoms with Gasteiger partial charge in [-0.05, 0) is 35.7 Å². The summed E-state index contributed by atoms with van der Waals surface area (Å²) in [5.74, 6) is 0.0303. The fraction of sp³-hybridized carbons (Fsp3) is 0.294. The molecular weight excluding hydrogens is 321 g/mol. The van der Waals surface area contributed by atoms with Crippen molar-refractivity contribution < 1.29 is 22.7 Å². The predicted octanol–water partition coefficient (Wildman–Crippen LogP) is 3.45. The van der Waals surface area contributed by atoms with Crippen molar-refractivity contribution in [2.24, 2.45) is 0 Å². The third-order valence-electron chi connectivity index (χ3n) is 4.07. The zero-order valence-corrected chi connectivity index (χ0v) is 12.9. The maximum Gasteiger partial charge on any atom is 0.416 e. The first kappa shape index (κ1) is 16.3. The number of fused-ring (bicyclic) bond motifs is 1. The highest BCUT2D eigenvalue weighted by atomic mass is 19.4. The molecule has 3 rings (SSSR count). The van der Waals surface area contributed by atoms with Gasteiger partial charge >= 0.3 is 12.1 Å². The Labute approximate surface area is 136 Å². The number of pyridine rings is 1. The molecule has 126 valence electrons. The number of hydrogen-bond donors (Lipinski definition) is 0. The fourth-order valence-corrected chi connectivity index (χ4v) is 2.85. The molecule has 1 aromatic carbocycles.